The van der Waals surface area contributed by atoms with Crippen LogP contribution in [0.25, 0.3) is 10.9 Å². The SMILES string of the molecule is CCc1cc2cccc(C)c2nc1SCC(=O)Nc1ccc(OC)cc1OC. The molecule has 0 saturated carbocycles. The van der Waals surface area contributed by atoms with Crippen LogP contribution in [0.4, 0.5) is 5.69 Å². The summed E-state index contributed by atoms with van der Waals surface area (Å²) in [5.74, 6) is 1.40. The number of carbonyl (C=O) groups is 1. The van der Waals surface area contributed by atoms with Crippen molar-refractivity contribution in [1.29, 1.82) is 0 Å². The molecular formula is C22H24N2O3S. The van der Waals surface area contributed by atoms with E-state index >= 15 is 0 Å². The Hall–Kier alpha value is -2.73. The van der Waals surface area contributed by atoms with Crippen molar-refractivity contribution < 1.29 is 14.3 Å². The number of pyridine rings is 1. The largest absolute Gasteiger partial charge is 0.497 e. The zero-order valence-corrected chi connectivity index (χ0v) is 17.4. The number of methoxy groups -OCH3 is 2. The van der Waals surface area contributed by atoms with Gasteiger partial charge >= 0.3 is 0 Å². The molecule has 28 heavy (non-hydrogen) atoms. The van der Waals surface area contributed by atoms with Crippen molar-refractivity contribution in [1.82, 2.24) is 4.98 Å². The van der Waals surface area contributed by atoms with Crippen LogP contribution in [0.2, 0.25) is 0 Å². The number of hydrogen-bond donors (Lipinski definition) is 1. The predicted molar refractivity (Wildman–Crippen MR) is 115 cm³/mol. The summed E-state index contributed by atoms with van der Waals surface area (Å²) in [4.78, 5) is 17.3. The summed E-state index contributed by atoms with van der Waals surface area (Å²) in [7, 11) is 3.15. The molecule has 1 N–H and O–H groups in total. The fourth-order valence-electron chi connectivity index (χ4n) is 2.97. The van der Waals surface area contributed by atoms with Crippen LogP contribution in [0.15, 0.2) is 47.5 Å². The Balaban J connectivity index is 1.75. The van der Waals surface area contributed by atoms with Gasteiger partial charge in [0, 0.05) is 11.5 Å². The average Bonchev–Trinajstić information content (AvgIpc) is 2.72. The third-order valence-corrected chi connectivity index (χ3v) is 5.52. The van der Waals surface area contributed by atoms with Gasteiger partial charge in [-0.1, -0.05) is 36.9 Å². The molecule has 2 aromatic carbocycles. The maximum absolute atomic E-state index is 12.5. The maximum atomic E-state index is 12.5. The van der Waals surface area contributed by atoms with E-state index in [9.17, 15) is 4.79 Å². The lowest BCUT2D eigenvalue weighted by molar-refractivity contribution is -0.113. The molecule has 1 heterocycles. The summed E-state index contributed by atoms with van der Waals surface area (Å²) in [5, 5.41) is 4.94. The number of aromatic nitrogens is 1. The van der Waals surface area contributed by atoms with E-state index < -0.39 is 0 Å². The molecule has 3 aromatic rings. The molecule has 0 fully saturated rings. The highest BCUT2D eigenvalue weighted by Gasteiger charge is 2.13. The number of rotatable bonds is 7. The summed E-state index contributed by atoms with van der Waals surface area (Å²) in [6.45, 7) is 4.16. The minimum Gasteiger partial charge on any atom is -0.497 e. The quantitative estimate of drug-likeness (QED) is 0.578. The summed E-state index contributed by atoms with van der Waals surface area (Å²) in [5.41, 5.74) is 3.89. The van der Waals surface area contributed by atoms with Gasteiger partial charge in [0.25, 0.3) is 0 Å². The molecule has 0 bridgehead atoms. The molecule has 6 heteroatoms. The number of aryl methyl sites for hydroxylation is 2. The lowest BCUT2D eigenvalue weighted by Gasteiger charge is -2.12. The number of fused-ring (bicyclic) bond motifs is 1. The lowest BCUT2D eigenvalue weighted by Crippen LogP contribution is -2.15. The van der Waals surface area contributed by atoms with Crippen LogP contribution in [0.1, 0.15) is 18.1 Å². The normalized spacial score (nSPS) is 10.7. The van der Waals surface area contributed by atoms with Gasteiger partial charge in [-0.15, -0.1) is 0 Å². The predicted octanol–water partition coefficient (Wildman–Crippen LogP) is 4.85. The van der Waals surface area contributed by atoms with E-state index in [1.807, 2.05) is 6.07 Å². The molecule has 146 valence electrons. The zero-order chi connectivity index (χ0) is 20.1. The standard InChI is InChI=1S/C22H24N2O3S/c1-5-15-11-16-8-6-7-14(2)21(16)24-22(15)28-13-20(25)23-18-10-9-17(26-3)12-19(18)27-4/h6-12H,5,13H2,1-4H3,(H,23,25). The number of ether oxygens (including phenoxy) is 2. The van der Waals surface area contributed by atoms with Crippen molar-refractivity contribution in [2.24, 2.45) is 0 Å². The number of thioether (sulfide) groups is 1. The number of benzene rings is 2. The first-order valence-electron chi connectivity index (χ1n) is 9.09. The fourth-order valence-corrected chi connectivity index (χ4v) is 3.86. The Morgan fingerprint density at radius 3 is 2.68 bits per heavy atom. The topological polar surface area (TPSA) is 60.5 Å². The van der Waals surface area contributed by atoms with Crippen LogP contribution in [-0.4, -0.2) is 30.9 Å². The van der Waals surface area contributed by atoms with Gasteiger partial charge in [-0.2, -0.15) is 0 Å². The van der Waals surface area contributed by atoms with Gasteiger partial charge in [0.1, 0.15) is 16.5 Å². The average molecular weight is 397 g/mol. The van der Waals surface area contributed by atoms with Gasteiger partial charge < -0.3 is 14.8 Å². The highest BCUT2D eigenvalue weighted by molar-refractivity contribution is 8.00. The molecule has 0 radical (unpaired) electrons. The molecular weight excluding hydrogens is 372 g/mol. The van der Waals surface area contributed by atoms with Gasteiger partial charge in [-0.05, 0) is 42.7 Å². The van der Waals surface area contributed by atoms with Gasteiger partial charge in [0.05, 0.1) is 31.2 Å². The van der Waals surface area contributed by atoms with E-state index in [2.05, 4.69) is 37.4 Å². The summed E-state index contributed by atoms with van der Waals surface area (Å²) < 4.78 is 10.5. The number of para-hydroxylation sites is 1. The van der Waals surface area contributed by atoms with Crippen molar-refractivity contribution in [3.05, 3.63) is 53.6 Å². The van der Waals surface area contributed by atoms with E-state index in [0.717, 1.165) is 33.5 Å². The molecule has 3 rings (SSSR count). The lowest BCUT2D eigenvalue weighted by atomic mass is 10.1. The zero-order valence-electron chi connectivity index (χ0n) is 16.5. The molecule has 5 nitrogen and oxygen atoms in total. The summed E-state index contributed by atoms with van der Waals surface area (Å²) in [6, 6.07) is 13.6. The minimum absolute atomic E-state index is 0.109. The second kappa shape index (κ2) is 8.97. The monoisotopic (exact) mass is 396 g/mol. The first-order valence-corrected chi connectivity index (χ1v) is 10.1. The second-order valence-corrected chi connectivity index (χ2v) is 7.32. The van der Waals surface area contributed by atoms with E-state index in [1.165, 1.54) is 11.8 Å². The molecule has 0 aliphatic heterocycles. The van der Waals surface area contributed by atoms with Crippen LogP contribution in [-0.2, 0) is 11.2 Å². The van der Waals surface area contributed by atoms with E-state index in [4.69, 9.17) is 14.5 Å². The van der Waals surface area contributed by atoms with Crippen molar-refractivity contribution in [2.75, 3.05) is 25.3 Å². The van der Waals surface area contributed by atoms with Crippen LogP contribution in [0.3, 0.4) is 0 Å². The molecule has 0 unspecified atom stereocenters. The Labute approximate surface area is 169 Å². The Kier molecular flexibility index (Phi) is 6.41. The summed E-state index contributed by atoms with van der Waals surface area (Å²) in [6.07, 6.45) is 0.868. The van der Waals surface area contributed by atoms with Gasteiger partial charge in [0.15, 0.2) is 0 Å². The number of amides is 1. The number of anilines is 1. The fraction of sp³-hybridized carbons (Fsp3) is 0.273. The van der Waals surface area contributed by atoms with Crippen LogP contribution >= 0.6 is 11.8 Å². The molecule has 1 aromatic heterocycles. The van der Waals surface area contributed by atoms with E-state index in [0.29, 0.717) is 17.2 Å². The van der Waals surface area contributed by atoms with Gasteiger partial charge in [0.2, 0.25) is 5.91 Å². The molecule has 0 atom stereocenters. The second-order valence-electron chi connectivity index (χ2n) is 6.36. The summed E-state index contributed by atoms with van der Waals surface area (Å²) >= 11 is 1.45. The first-order chi connectivity index (χ1) is 13.5. The molecule has 1 amide bonds. The molecule has 0 aliphatic carbocycles. The van der Waals surface area contributed by atoms with Crippen molar-refractivity contribution in [2.45, 2.75) is 25.3 Å². The number of carbonyl (C=O) groups excluding carboxylic acids is 1. The van der Waals surface area contributed by atoms with Crippen molar-refractivity contribution in [3.8, 4) is 11.5 Å². The Morgan fingerprint density at radius 1 is 1.14 bits per heavy atom. The van der Waals surface area contributed by atoms with Crippen LogP contribution in [0, 0.1) is 6.92 Å². The molecule has 0 spiro atoms. The third-order valence-electron chi connectivity index (χ3n) is 4.49. The van der Waals surface area contributed by atoms with Gasteiger partial charge in [-0.3, -0.25) is 4.79 Å². The minimum atomic E-state index is -0.109. The van der Waals surface area contributed by atoms with E-state index in [-0.39, 0.29) is 11.7 Å². The molecule has 0 saturated heterocycles. The van der Waals surface area contributed by atoms with Crippen LogP contribution < -0.4 is 14.8 Å². The highest BCUT2D eigenvalue weighted by Crippen LogP contribution is 2.30. The highest BCUT2D eigenvalue weighted by atomic mass is 32.2. The first kappa shape index (κ1) is 20.0. The number of hydrogen-bond acceptors (Lipinski definition) is 5. The van der Waals surface area contributed by atoms with E-state index in [1.54, 1.807) is 32.4 Å². The molecule has 0 aliphatic rings. The van der Waals surface area contributed by atoms with Crippen LogP contribution in [0.5, 0.6) is 11.5 Å². The third kappa shape index (κ3) is 4.39. The number of nitrogens with zero attached hydrogens (tertiary/aromatic N) is 1. The maximum Gasteiger partial charge on any atom is 0.234 e. The Morgan fingerprint density at radius 2 is 1.96 bits per heavy atom. The van der Waals surface area contributed by atoms with Crippen molar-refractivity contribution in [3.63, 3.8) is 0 Å². The smallest absolute Gasteiger partial charge is 0.234 e. The number of nitrogens with one attached hydrogen (secondary N) is 1. The van der Waals surface area contributed by atoms with Gasteiger partial charge in [-0.25, -0.2) is 4.98 Å². The van der Waals surface area contributed by atoms with Crippen molar-refractivity contribution >= 4 is 34.3 Å². The Bertz CT molecular complexity index is 1000.